The molecular weight excluding hydrogens is 196 g/mol. The highest BCUT2D eigenvalue weighted by Crippen LogP contribution is 2.32. The van der Waals surface area contributed by atoms with Gasteiger partial charge in [-0.2, -0.15) is 0 Å². The molecule has 4 heteroatoms. The average molecular weight is 210 g/mol. The van der Waals surface area contributed by atoms with Gasteiger partial charge in [-0.1, -0.05) is 32.5 Å². The summed E-state index contributed by atoms with van der Waals surface area (Å²) in [4.78, 5) is 15.6. The van der Waals surface area contributed by atoms with Gasteiger partial charge in [0.2, 0.25) is 0 Å². The number of fused-ring (bicyclic) bond motifs is 1. The number of rotatable bonds is 1. The molecule has 0 atom stereocenters. The molecule has 0 bridgehead atoms. The topological polar surface area (TPSA) is 34.9 Å². The normalized spacial score (nSPS) is 15.6. The van der Waals surface area contributed by atoms with E-state index >= 15 is 0 Å². The van der Waals surface area contributed by atoms with Gasteiger partial charge in [0, 0.05) is 17.7 Å². The Balaban J connectivity index is 2.58. The largest absolute Gasteiger partial charge is 0.316 e. The average Bonchev–Trinajstić information content (AvgIpc) is 2.58. The first kappa shape index (κ1) is 9.77. The molecule has 0 N–H and O–H groups in total. The summed E-state index contributed by atoms with van der Waals surface area (Å²) >= 11 is 1.73. The van der Waals surface area contributed by atoms with Crippen molar-refractivity contribution >= 4 is 18.0 Å². The van der Waals surface area contributed by atoms with E-state index < -0.39 is 0 Å². The van der Waals surface area contributed by atoms with E-state index in [1.807, 2.05) is 4.57 Å². The second-order valence-corrected chi connectivity index (χ2v) is 5.56. The molecule has 0 amide bonds. The van der Waals surface area contributed by atoms with Crippen LogP contribution in [-0.2, 0) is 12.0 Å². The van der Waals surface area contributed by atoms with E-state index in [0.29, 0.717) is 0 Å². The molecule has 3 nitrogen and oxygen atoms in total. The maximum absolute atomic E-state index is 11.0. The van der Waals surface area contributed by atoms with Gasteiger partial charge in [-0.3, -0.25) is 4.79 Å². The molecule has 2 heterocycles. The molecule has 0 radical (unpaired) electrons. The summed E-state index contributed by atoms with van der Waals surface area (Å²) in [5.41, 5.74) is 1.64. The van der Waals surface area contributed by atoms with Gasteiger partial charge >= 0.3 is 0 Å². The first-order valence-corrected chi connectivity index (χ1v) is 5.71. The fourth-order valence-electron chi connectivity index (χ4n) is 1.67. The van der Waals surface area contributed by atoms with Crippen LogP contribution in [0, 0.1) is 0 Å². The van der Waals surface area contributed by atoms with E-state index in [0.717, 1.165) is 35.1 Å². The van der Waals surface area contributed by atoms with Crippen molar-refractivity contribution in [2.75, 3.05) is 5.75 Å². The number of carbonyl (C=O) groups excluding carboxylic acids is 1. The van der Waals surface area contributed by atoms with Crippen LogP contribution in [0.3, 0.4) is 0 Å². The summed E-state index contributed by atoms with van der Waals surface area (Å²) in [6.07, 6.45) is 0.933. The molecule has 0 saturated carbocycles. The molecule has 1 aliphatic heterocycles. The van der Waals surface area contributed by atoms with Gasteiger partial charge in [0.15, 0.2) is 11.4 Å². The van der Waals surface area contributed by atoms with Gasteiger partial charge in [0.05, 0.1) is 5.69 Å². The molecule has 76 valence electrons. The zero-order valence-corrected chi connectivity index (χ0v) is 9.52. The lowest BCUT2D eigenvalue weighted by Crippen LogP contribution is -2.15. The van der Waals surface area contributed by atoms with Crippen LogP contribution in [0.5, 0.6) is 0 Å². The van der Waals surface area contributed by atoms with Crippen molar-refractivity contribution in [3.8, 4) is 0 Å². The van der Waals surface area contributed by atoms with Crippen molar-refractivity contribution in [2.45, 2.75) is 37.9 Å². The third-order valence-corrected chi connectivity index (χ3v) is 3.30. The van der Waals surface area contributed by atoms with Crippen LogP contribution in [0.4, 0.5) is 0 Å². The third kappa shape index (κ3) is 1.38. The minimum absolute atomic E-state index is 0.0475. The van der Waals surface area contributed by atoms with Gasteiger partial charge in [-0.15, -0.1) is 0 Å². The number of imidazole rings is 1. The minimum atomic E-state index is -0.0475. The summed E-state index contributed by atoms with van der Waals surface area (Å²) in [7, 11) is 0. The molecule has 0 saturated heterocycles. The number of thioether (sulfide) groups is 1. The second kappa shape index (κ2) is 3.12. The minimum Gasteiger partial charge on any atom is -0.316 e. The number of hydrogen-bond donors (Lipinski definition) is 0. The number of hydrogen-bond acceptors (Lipinski definition) is 3. The Hall–Kier alpha value is -0.770. The number of carbonyl (C=O) groups is 1. The maximum Gasteiger partial charge on any atom is 0.168 e. The van der Waals surface area contributed by atoms with E-state index in [2.05, 4.69) is 25.8 Å². The molecule has 0 fully saturated rings. The Morgan fingerprint density at radius 3 is 2.79 bits per heavy atom. The predicted molar refractivity (Wildman–Crippen MR) is 57.0 cm³/mol. The molecule has 0 spiro atoms. The predicted octanol–water partition coefficient (Wildman–Crippen LogP) is 2.10. The Morgan fingerprint density at radius 2 is 2.21 bits per heavy atom. The van der Waals surface area contributed by atoms with Crippen LogP contribution in [0.15, 0.2) is 5.16 Å². The second-order valence-electron chi connectivity index (χ2n) is 4.50. The first-order chi connectivity index (χ1) is 6.54. The summed E-state index contributed by atoms with van der Waals surface area (Å²) in [5, 5.41) is 0.997. The highest BCUT2D eigenvalue weighted by atomic mass is 32.2. The Morgan fingerprint density at radius 1 is 1.50 bits per heavy atom. The Bertz CT molecular complexity index is 376. The van der Waals surface area contributed by atoms with Crippen LogP contribution in [0.2, 0.25) is 0 Å². The SMILES string of the molecule is CC(C)(C)c1nc2n(c1C=O)CCS2. The molecule has 1 aromatic heterocycles. The van der Waals surface area contributed by atoms with Crippen LogP contribution in [0.25, 0.3) is 0 Å². The third-order valence-electron chi connectivity index (χ3n) is 2.34. The zero-order valence-electron chi connectivity index (χ0n) is 8.70. The lowest BCUT2D eigenvalue weighted by Gasteiger charge is -2.16. The van der Waals surface area contributed by atoms with Gasteiger partial charge in [0.1, 0.15) is 5.69 Å². The van der Waals surface area contributed by atoms with E-state index in [1.54, 1.807) is 11.8 Å². The quantitative estimate of drug-likeness (QED) is 0.666. The molecular formula is C10H14N2OS. The van der Waals surface area contributed by atoms with Crippen molar-refractivity contribution < 1.29 is 4.79 Å². The van der Waals surface area contributed by atoms with Gasteiger partial charge in [0.25, 0.3) is 0 Å². The molecule has 0 aromatic carbocycles. The lowest BCUT2D eigenvalue weighted by molar-refractivity contribution is 0.111. The Labute approximate surface area is 87.9 Å². The molecule has 1 aliphatic rings. The van der Waals surface area contributed by atoms with Crippen LogP contribution in [-0.4, -0.2) is 21.6 Å². The summed E-state index contributed by atoms with van der Waals surface area (Å²) in [5.74, 6) is 1.04. The highest BCUT2D eigenvalue weighted by molar-refractivity contribution is 7.99. The highest BCUT2D eigenvalue weighted by Gasteiger charge is 2.28. The number of aldehydes is 1. The van der Waals surface area contributed by atoms with E-state index in [4.69, 9.17) is 0 Å². The van der Waals surface area contributed by atoms with E-state index in [-0.39, 0.29) is 5.41 Å². The van der Waals surface area contributed by atoms with Crippen molar-refractivity contribution in [2.24, 2.45) is 0 Å². The summed E-state index contributed by atoms with van der Waals surface area (Å²) < 4.78 is 2.03. The Kier molecular flexibility index (Phi) is 2.18. The molecule has 1 aromatic rings. The van der Waals surface area contributed by atoms with Crippen molar-refractivity contribution in [3.63, 3.8) is 0 Å². The van der Waals surface area contributed by atoms with Gasteiger partial charge in [-0.05, 0) is 0 Å². The number of aromatic nitrogens is 2. The van der Waals surface area contributed by atoms with Crippen molar-refractivity contribution in [1.29, 1.82) is 0 Å². The summed E-state index contributed by atoms with van der Waals surface area (Å²) in [6, 6.07) is 0. The van der Waals surface area contributed by atoms with E-state index in [1.165, 1.54) is 0 Å². The van der Waals surface area contributed by atoms with E-state index in [9.17, 15) is 4.79 Å². The first-order valence-electron chi connectivity index (χ1n) is 4.73. The molecule has 0 unspecified atom stereocenters. The van der Waals surface area contributed by atoms with Crippen molar-refractivity contribution in [3.05, 3.63) is 11.4 Å². The standard InChI is InChI=1S/C10H14N2OS/c1-10(2,3)8-7(6-13)12-4-5-14-9(12)11-8/h6H,4-5H2,1-3H3. The molecule has 2 rings (SSSR count). The van der Waals surface area contributed by atoms with Crippen LogP contribution >= 0.6 is 11.8 Å². The molecule has 0 aliphatic carbocycles. The maximum atomic E-state index is 11.0. The lowest BCUT2D eigenvalue weighted by atomic mass is 9.91. The van der Waals surface area contributed by atoms with Crippen LogP contribution in [0.1, 0.15) is 37.0 Å². The zero-order chi connectivity index (χ0) is 10.3. The number of nitrogens with zero attached hydrogens (tertiary/aromatic N) is 2. The smallest absolute Gasteiger partial charge is 0.168 e. The van der Waals surface area contributed by atoms with Crippen molar-refractivity contribution in [1.82, 2.24) is 9.55 Å². The molecule has 14 heavy (non-hydrogen) atoms. The van der Waals surface area contributed by atoms with Gasteiger partial charge < -0.3 is 4.57 Å². The van der Waals surface area contributed by atoms with Gasteiger partial charge in [-0.25, -0.2) is 4.98 Å². The fourth-order valence-corrected chi connectivity index (χ4v) is 2.63. The van der Waals surface area contributed by atoms with Crippen LogP contribution < -0.4 is 0 Å². The fraction of sp³-hybridized carbons (Fsp3) is 0.600. The monoisotopic (exact) mass is 210 g/mol. The summed E-state index contributed by atoms with van der Waals surface area (Å²) in [6.45, 7) is 7.17.